The highest BCUT2D eigenvalue weighted by atomic mass is 16.6. The Morgan fingerprint density at radius 1 is 0.857 bits per heavy atom. The number of carbonyl (C=O) groups excluding carboxylic acids is 2. The molecule has 0 aliphatic rings. The SMILES string of the molecule is Nc1ncc2[nH]c(COC(COC(=O)Cc3ccccc3)COC(=O)Cc3ccccc3)nc2n1. The number of aromatic amines is 1. The van der Waals surface area contributed by atoms with Crippen LogP contribution in [0.15, 0.2) is 66.9 Å². The first kappa shape index (κ1) is 23.8. The molecule has 2 aromatic heterocycles. The first-order valence-electron chi connectivity index (χ1n) is 11.0. The van der Waals surface area contributed by atoms with E-state index in [-0.39, 0.29) is 38.6 Å². The van der Waals surface area contributed by atoms with E-state index in [1.54, 1.807) is 0 Å². The van der Waals surface area contributed by atoms with Gasteiger partial charge in [-0.3, -0.25) is 9.59 Å². The molecule has 4 rings (SSSR count). The molecule has 2 aromatic carbocycles. The second kappa shape index (κ2) is 11.7. The van der Waals surface area contributed by atoms with Crippen LogP contribution in [0.2, 0.25) is 0 Å². The van der Waals surface area contributed by atoms with Crippen LogP contribution in [0.5, 0.6) is 0 Å². The fraction of sp³-hybridized carbons (Fsp3) is 0.240. The molecular weight excluding hydrogens is 450 g/mol. The Morgan fingerprint density at radius 2 is 1.43 bits per heavy atom. The number of benzene rings is 2. The van der Waals surface area contributed by atoms with Crippen LogP contribution in [0, 0.1) is 0 Å². The minimum Gasteiger partial charge on any atom is -0.463 e. The van der Waals surface area contributed by atoms with Gasteiger partial charge in [-0.2, -0.15) is 4.98 Å². The van der Waals surface area contributed by atoms with Gasteiger partial charge in [0.2, 0.25) is 5.95 Å². The van der Waals surface area contributed by atoms with Gasteiger partial charge in [-0.05, 0) is 11.1 Å². The maximum atomic E-state index is 12.3. The fourth-order valence-electron chi connectivity index (χ4n) is 3.28. The zero-order valence-corrected chi connectivity index (χ0v) is 18.9. The number of hydrogen-bond acceptors (Lipinski definition) is 9. The molecule has 0 unspecified atom stereocenters. The summed E-state index contributed by atoms with van der Waals surface area (Å²) in [7, 11) is 0. The lowest BCUT2D eigenvalue weighted by molar-refractivity contribution is -0.155. The molecule has 0 spiro atoms. The average Bonchev–Trinajstić information content (AvgIpc) is 3.26. The zero-order chi connectivity index (χ0) is 24.5. The molecule has 0 saturated carbocycles. The van der Waals surface area contributed by atoms with Crippen LogP contribution < -0.4 is 5.73 Å². The van der Waals surface area contributed by atoms with Gasteiger partial charge in [0.1, 0.15) is 37.3 Å². The van der Waals surface area contributed by atoms with Crippen LogP contribution in [0.1, 0.15) is 17.0 Å². The second-order valence-corrected chi connectivity index (χ2v) is 7.77. The van der Waals surface area contributed by atoms with E-state index < -0.39 is 18.0 Å². The lowest BCUT2D eigenvalue weighted by atomic mass is 10.1. The predicted molar refractivity (Wildman–Crippen MR) is 127 cm³/mol. The molecule has 2 heterocycles. The summed E-state index contributed by atoms with van der Waals surface area (Å²) >= 11 is 0. The van der Waals surface area contributed by atoms with Gasteiger partial charge in [-0.15, -0.1) is 0 Å². The zero-order valence-electron chi connectivity index (χ0n) is 18.9. The van der Waals surface area contributed by atoms with Crippen molar-refractivity contribution in [3.05, 3.63) is 83.8 Å². The third kappa shape index (κ3) is 7.34. The molecule has 0 aliphatic heterocycles. The van der Waals surface area contributed by atoms with Gasteiger partial charge >= 0.3 is 11.9 Å². The summed E-state index contributed by atoms with van der Waals surface area (Å²) in [5.74, 6) is -0.217. The maximum Gasteiger partial charge on any atom is 0.310 e. The van der Waals surface area contributed by atoms with Crippen molar-refractivity contribution in [3.8, 4) is 0 Å². The van der Waals surface area contributed by atoms with E-state index in [4.69, 9.17) is 19.9 Å². The quantitative estimate of drug-likeness (QED) is 0.313. The number of carbonyl (C=O) groups is 2. The molecule has 3 N–H and O–H groups in total. The van der Waals surface area contributed by atoms with Gasteiger partial charge in [0.05, 0.1) is 19.0 Å². The van der Waals surface area contributed by atoms with Crippen molar-refractivity contribution in [1.29, 1.82) is 0 Å². The van der Waals surface area contributed by atoms with Crippen LogP contribution in [-0.2, 0) is 43.2 Å². The summed E-state index contributed by atoms with van der Waals surface area (Å²) in [5, 5.41) is 0. The molecule has 0 bridgehead atoms. The monoisotopic (exact) mass is 475 g/mol. The van der Waals surface area contributed by atoms with Crippen molar-refractivity contribution in [2.24, 2.45) is 0 Å². The summed E-state index contributed by atoms with van der Waals surface area (Å²) in [4.78, 5) is 39.9. The van der Waals surface area contributed by atoms with Crippen LogP contribution in [0.4, 0.5) is 5.95 Å². The van der Waals surface area contributed by atoms with Crippen molar-refractivity contribution in [3.63, 3.8) is 0 Å². The molecule has 180 valence electrons. The highest BCUT2D eigenvalue weighted by molar-refractivity contribution is 5.73. The average molecular weight is 476 g/mol. The van der Waals surface area contributed by atoms with Crippen molar-refractivity contribution >= 4 is 29.1 Å². The number of nitrogens with zero attached hydrogens (tertiary/aromatic N) is 3. The molecule has 0 saturated heterocycles. The van der Waals surface area contributed by atoms with Crippen molar-refractivity contribution in [2.75, 3.05) is 18.9 Å². The smallest absolute Gasteiger partial charge is 0.310 e. The largest absolute Gasteiger partial charge is 0.463 e. The van der Waals surface area contributed by atoms with Crippen LogP contribution in [0.25, 0.3) is 11.2 Å². The highest BCUT2D eigenvalue weighted by Gasteiger charge is 2.18. The first-order valence-corrected chi connectivity index (χ1v) is 11.0. The molecule has 0 radical (unpaired) electrons. The van der Waals surface area contributed by atoms with E-state index in [2.05, 4.69) is 19.9 Å². The molecule has 0 fully saturated rings. The summed E-state index contributed by atoms with van der Waals surface area (Å²) in [6.07, 6.45) is 1.09. The number of anilines is 1. The number of fused-ring (bicyclic) bond motifs is 1. The van der Waals surface area contributed by atoms with Crippen molar-refractivity contribution < 1.29 is 23.8 Å². The van der Waals surface area contributed by atoms with Crippen molar-refractivity contribution in [2.45, 2.75) is 25.6 Å². The minimum atomic E-state index is -0.696. The van der Waals surface area contributed by atoms with Crippen LogP contribution in [-0.4, -0.2) is 51.2 Å². The molecule has 0 aliphatic carbocycles. The number of nitrogen functional groups attached to an aromatic ring is 1. The Hall–Kier alpha value is -4.31. The summed E-state index contributed by atoms with van der Waals surface area (Å²) in [6.45, 7) is -0.123. The minimum absolute atomic E-state index is 0.0490. The first-order chi connectivity index (χ1) is 17.0. The molecular formula is C25H25N5O5. The van der Waals surface area contributed by atoms with E-state index in [9.17, 15) is 9.59 Å². The number of imidazole rings is 1. The molecule has 0 amide bonds. The lowest BCUT2D eigenvalue weighted by Crippen LogP contribution is -2.29. The van der Waals surface area contributed by atoms with E-state index in [1.165, 1.54) is 6.20 Å². The van der Waals surface area contributed by atoms with Gasteiger partial charge in [0.15, 0.2) is 5.65 Å². The lowest BCUT2D eigenvalue weighted by Gasteiger charge is -2.18. The molecule has 4 aromatic rings. The molecule has 0 atom stereocenters. The standard InChI is InChI=1S/C25H25N5O5/c26-25-27-13-20-24(30-25)29-21(28-20)16-33-19(14-34-22(31)11-17-7-3-1-4-8-17)15-35-23(32)12-18-9-5-2-6-10-18/h1-10,13,19H,11-12,14-16H2,(H3,26,27,28,29,30). The molecule has 35 heavy (non-hydrogen) atoms. The predicted octanol–water partition coefficient (Wildman–Crippen LogP) is 2.39. The number of esters is 2. The Kier molecular flexibility index (Phi) is 7.97. The van der Waals surface area contributed by atoms with Crippen LogP contribution in [0.3, 0.4) is 0 Å². The van der Waals surface area contributed by atoms with E-state index in [0.717, 1.165) is 11.1 Å². The number of H-pyrrole nitrogens is 1. The summed E-state index contributed by atoms with van der Waals surface area (Å²) in [6, 6.07) is 18.5. The van der Waals surface area contributed by atoms with Gasteiger partial charge in [-0.25, -0.2) is 9.97 Å². The second-order valence-electron chi connectivity index (χ2n) is 7.77. The maximum absolute atomic E-state index is 12.3. The normalized spacial score (nSPS) is 11.0. The number of nitrogens with one attached hydrogen (secondary N) is 1. The van der Waals surface area contributed by atoms with E-state index >= 15 is 0 Å². The fourth-order valence-corrected chi connectivity index (χ4v) is 3.28. The Morgan fingerprint density at radius 3 is 2.00 bits per heavy atom. The number of aromatic nitrogens is 4. The van der Waals surface area contributed by atoms with Gasteiger partial charge < -0.3 is 24.9 Å². The molecule has 10 nitrogen and oxygen atoms in total. The van der Waals surface area contributed by atoms with Gasteiger partial charge in [0, 0.05) is 0 Å². The van der Waals surface area contributed by atoms with Gasteiger partial charge in [0.25, 0.3) is 0 Å². The number of ether oxygens (including phenoxy) is 3. The Labute approximate surface area is 201 Å². The number of rotatable bonds is 11. The Bertz CT molecular complexity index is 1210. The number of nitrogens with two attached hydrogens (primary N) is 1. The Balaban J connectivity index is 1.34. The van der Waals surface area contributed by atoms with Crippen LogP contribution >= 0.6 is 0 Å². The van der Waals surface area contributed by atoms with Gasteiger partial charge in [-0.1, -0.05) is 60.7 Å². The third-order valence-electron chi connectivity index (χ3n) is 5.01. The van der Waals surface area contributed by atoms with E-state index in [1.807, 2.05) is 60.7 Å². The van der Waals surface area contributed by atoms with Crippen molar-refractivity contribution in [1.82, 2.24) is 19.9 Å². The summed E-state index contributed by atoms with van der Waals surface area (Å²) in [5.41, 5.74) is 8.30. The number of hydrogen-bond donors (Lipinski definition) is 2. The third-order valence-corrected chi connectivity index (χ3v) is 5.01. The topological polar surface area (TPSA) is 142 Å². The molecule has 10 heteroatoms. The summed E-state index contributed by atoms with van der Waals surface area (Å²) < 4.78 is 16.7. The van der Waals surface area contributed by atoms with E-state index in [0.29, 0.717) is 17.0 Å². The highest BCUT2D eigenvalue weighted by Crippen LogP contribution is 2.11.